The summed E-state index contributed by atoms with van der Waals surface area (Å²) in [4.78, 5) is 34.1. The van der Waals surface area contributed by atoms with Gasteiger partial charge in [0.15, 0.2) is 5.78 Å². The predicted octanol–water partition coefficient (Wildman–Crippen LogP) is 3.74. The molecule has 2 aromatic heterocycles. The molecule has 3 aromatic rings. The maximum Gasteiger partial charge on any atom is 0.272 e. The van der Waals surface area contributed by atoms with E-state index in [4.69, 9.17) is 0 Å². The van der Waals surface area contributed by atoms with Gasteiger partial charge in [-0.25, -0.2) is 0 Å². The van der Waals surface area contributed by atoms with Crippen molar-refractivity contribution in [3.8, 4) is 0 Å². The Morgan fingerprint density at radius 1 is 1.00 bits per heavy atom. The van der Waals surface area contributed by atoms with E-state index < -0.39 is 0 Å². The molecule has 0 saturated heterocycles. The van der Waals surface area contributed by atoms with Crippen LogP contribution in [0.4, 0.5) is 11.4 Å². The van der Waals surface area contributed by atoms with Crippen LogP contribution >= 0.6 is 0 Å². The van der Waals surface area contributed by atoms with Crippen LogP contribution in [0, 0.1) is 0 Å². The average molecular weight is 374 g/mol. The Kier molecular flexibility index (Phi) is 6.11. The maximum atomic E-state index is 12.7. The summed E-state index contributed by atoms with van der Waals surface area (Å²) >= 11 is 0. The van der Waals surface area contributed by atoms with E-state index in [2.05, 4.69) is 15.3 Å². The molecule has 1 amide bonds. The zero-order valence-corrected chi connectivity index (χ0v) is 15.9. The monoisotopic (exact) mass is 374 g/mol. The molecule has 2 heterocycles. The lowest BCUT2D eigenvalue weighted by Gasteiger charge is -2.17. The van der Waals surface area contributed by atoms with Gasteiger partial charge in [-0.2, -0.15) is 0 Å². The van der Waals surface area contributed by atoms with Gasteiger partial charge in [0.05, 0.1) is 0 Å². The first-order valence-electron chi connectivity index (χ1n) is 9.01. The fraction of sp³-hybridized carbons (Fsp3) is 0.182. The Morgan fingerprint density at radius 3 is 2.50 bits per heavy atom. The molecule has 0 spiro atoms. The number of carbonyl (C=O) groups excluding carboxylic acids is 2. The van der Waals surface area contributed by atoms with Crippen LogP contribution in [0.15, 0.2) is 67.1 Å². The minimum atomic E-state index is -0.143. The molecule has 0 saturated carbocycles. The number of aromatic nitrogens is 2. The Morgan fingerprint density at radius 2 is 1.75 bits per heavy atom. The third-order valence-electron chi connectivity index (χ3n) is 4.37. The summed E-state index contributed by atoms with van der Waals surface area (Å²) in [5, 5.41) is 3.22. The number of benzene rings is 1. The molecule has 6 heteroatoms. The van der Waals surface area contributed by atoms with Crippen molar-refractivity contribution in [2.75, 3.05) is 18.9 Å². The molecule has 0 fully saturated rings. The number of pyridine rings is 2. The molecular formula is C22H22N4O2. The molecule has 0 bridgehead atoms. The topological polar surface area (TPSA) is 75.2 Å². The average Bonchev–Trinajstić information content (AvgIpc) is 2.72. The lowest BCUT2D eigenvalue weighted by Crippen LogP contribution is -2.29. The van der Waals surface area contributed by atoms with E-state index in [0.29, 0.717) is 17.8 Å². The molecular weight excluding hydrogens is 352 g/mol. The highest BCUT2D eigenvalue weighted by Gasteiger charge is 2.14. The number of hydrogen-bond acceptors (Lipinski definition) is 5. The Labute approximate surface area is 164 Å². The number of carbonyl (C=O) groups is 2. The highest BCUT2D eigenvalue weighted by Crippen LogP contribution is 2.19. The van der Waals surface area contributed by atoms with Gasteiger partial charge in [-0.1, -0.05) is 12.1 Å². The minimum Gasteiger partial charge on any atom is -0.355 e. The van der Waals surface area contributed by atoms with Crippen LogP contribution in [0.3, 0.4) is 0 Å². The van der Waals surface area contributed by atoms with Crippen LogP contribution in [0.2, 0.25) is 0 Å². The number of Topliss-reactive ketones (excluding diaryl/α,β-unsaturated/α-hetero) is 1. The number of nitrogens with zero attached hydrogens (tertiary/aromatic N) is 3. The van der Waals surface area contributed by atoms with Gasteiger partial charge in [0.2, 0.25) is 0 Å². The maximum absolute atomic E-state index is 12.7. The molecule has 28 heavy (non-hydrogen) atoms. The summed E-state index contributed by atoms with van der Waals surface area (Å²) in [5.74, 6) is -0.139. The van der Waals surface area contributed by atoms with Crippen molar-refractivity contribution in [2.24, 2.45) is 0 Å². The molecule has 0 aliphatic rings. The van der Waals surface area contributed by atoms with Gasteiger partial charge in [-0.15, -0.1) is 0 Å². The van der Waals surface area contributed by atoms with Crippen LogP contribution < -0.4 is 5.32 Å². The molecule has 6 nitrogen and oxygen atoms in total. The minimum absolute atomic E-state index is 0.00469. The molecule has 0 radical (unpaired) electrons. The number of likely N-dealkylation sites (N-methyl/N-ethyl adjacent to an activating group) is 1. The van der Waals surface area contributed by atoms with E-state index in [1.54, 1.807) is 54.8 Å². The second-order valence-electron chi connectivity index (χ2n) is 6.52. The summed E-state index contributed by atoms with van der Waals surface area (Å²) in [6, 6.07) is 14.6. The van der Waals surface area contributed by atoms with Crippen molar-refractivity contribution >= 4 is 23.1 Å². The van der Waals surface area contributed by atoms with Crippen molar-refractivity contribution in [2.45, 2.75) is 13.3 Å². The number of hydrogen-bond donors (Lipinski definition) is 1. The quantitative estimate of drug-likeness (QED) is 0.638. The smallest absolute Gasteiger partial charge is 0.272 e. The number of ketones is 1. The molecule has 0 aliphatic heterocycles. The Balaban J connectivity index is 1.67. The molecule has 0 aliphatic carbocycles. The summed E-state index contributed by atoms with van der Waals surface area (Å²) in [5.41, 5.74) is 3.64. The first kappa shape index (κ1) is 19.2. The van der Waals surface area contributed by atoms with Gasteiger partial charge >= 0.3 is 0 Å². The molecule has 3 rings (SSSR count). The second kappa shape index (κ2) is 8.90. The van der Waals surface area contributed by atoms with Crippen LogP contribution in [-0.4, -0.2) is 40.2 Å². The summed E-state index contributed by atoms with van der Waals surface area (Å²) in [6.45, 7) is 2.12. The van der Waals surface area contributed by atoms with Gasteiger partial charge in [-0.3, -0.25) is 19.6 Å². The molecule has 0 atom stereocenters. The molecule has 1 N–H and O–H groups in total. The van der Waals surface area contributed by atoms with Crippen molar-refractivity contribution in [3.05, 3.63) is 83.9 Å². The molecule has 1 aromatic carbocycles. The number of amides is 1. The van der Waals surface area contributed by atoms with E-state index in [1.165, 1.54) is 6.92 Å². The predicted molar refractivity (Wildman–Crippen MR) is 109 cm³/mol. The van der Waals surface area contributed by atoms with Gasteiger partial charge in [0.1, 0.15) is 5.69 Å². The van der Waals surface area contributed by atoms with Crippen LogP contribution in [0.5, 0.6) is 0 Å². The largest absolute Gasteiger partial charge is 0.355 e. The molecule has 0 unspecified atom stereocenters. The third kappa shape index (κ3) is 5.01. The number of rotatable bonds is 7. The van der Waals surface area contributed by atoms with Crippen LogP contribution in [0.25, 0.3) is 0 Å². The highest BCUT2D eigenvalue weighted by molar-refractivity contribution is 5.95. The fourth-order valence-electron chi connectivity index (χ4n) is 2.75. The Hall–Kier alpha value is -3.54. The number of anilines is 2. The summed E-state index contributed by atoms with van der Waals surface area (Å²) in [6.07, 6.45) is 5.84. The van der Waals surface area contributed by atoms with Crippen molar-refractivity contribution in [1.82, 2.24) is 14.9 Å². The van der Waals surface area contributed by atoms with E-state index in [0.717, 1.165) is 23.4 Å². The first-order chi connectivity index (χ1) is 13.5. The highest BCUT2D eigenvalue weighted by atomic mass is 16.2. The second-order valence-corrected chi connectivity index (χ2v) is 6.52. The van der Waals surface area contributed by atoms with Gasteiger partial charge in [-0.05, 0) is 55.3 Å². The van der Waals surface area contributed by atoms with Gasteiger partial charge in [0.25, 0.3) is 5.91 Å². The third-order valence-corrected chi connectivity index (χ3v) is 4.37. The van der Waals surface area contributed by atoms with Gasteiger partial charge in [0, 0.05) is 49.1 Å². The van der Waals surface area contributed by atoms with Crippen LogP contribution in [-0.2, 0) is 6.42 Å². The van der Waals surface area contributed by atoms with E-state index in [-0.39, 0.29) is 11.7 Å². The first-order valence-corrected chi connectivity index (χ1v) is 9.01. The van der Waals surface area contributed by atoms with E-state index in [1.807, 2.05) is 24.3 Å². The van der Waals surface area contributed by atoms with Crippen LogP contribution in [0.1, 0.15) is 33.3 Å². The SMILES string of the molecule is CC(=O)c1cccc(Nc2ccnc(C(=O)N(C)CCc3ccncc3)c2)c1. The summed E-state index contributed by atoms with van der Waals surface area (Å²) < 4.78 is 0. The normalized spacial score (nSPS) is 10.4. The van der Waals surface area contributed by atoms with Crippen molar-refractivity contribution < 1.29 is 9.59 Å². The zero-order chi connectivity index (χ0) is 19.9. The van der Waals surface area contributed by atoms with Crippen molar-refractivity contribution in [1.29, 1.82) is 0 Å². The lowest BCUT2D eigenvalue weighted by molar-refractivity contribution is 0.0790. The number of nitrogens with one attached hydrogen (secondary N) is 1. The fourth-order valence-corrected chi connectivity index (χ4v) is 2.75. The zero-order valence-electron chi connectivity index (χ0n) is 15.9. The van der Waals surface area contributed by atoms with Gasteiger partial charge < -0.3 is 10.2 Å². The lowest BCUT2D eigenvalue weighted by atomic mass is 10.1. The summed E-state index contributed by atoms with van der Waals surface area (Å²) in [7, 11) is 1.77. The Bertz CT molecular complexity index is 973. The molecule has 142 valence electrons. The van der Waals surface area contributed by atoms with Crippen molar-refractivity contribution in [3.63, 3.8) is 0 Å². The van der Waals surface area contributed by atoms with E-state index in [9.17, 15) is 9.59 Å². The standard InChI is InChI=1S/C22H22N4O2/c1-16(27)18-4-3-5-19(14-18)25-20-8-12-24-21(15-20)22(28)26(2)13-9-17-6-10-23-11-7-17/h3-8,10-12,14-15H,9,13H2,1-2H3,(H,24,25). The van der Waals surface area contributed by atoms with E-state index >= 15 is 0 Å².